The molecule has 21 heavy (non-hydrogen) atoms. The summed E-state index contributed by atoms with van der Waals surface area (Å²) >= 11 is 0. The smallest absolute Gasteiger partial charge is 0.350 e. The lowest BCUT2D eigenvalue weighted by Gasteiger charge is -2.06. The molecule has 0 saturated carbocycles. The zero-order chi connectivity index (χ0) is 15.5. The van der Waals surface area contributed by atoms with Crippen LogP contribution >= 0.6 is 7.60 Å². The molecule has 0 aliphatic heterocycles. The van der Waals surface area contributed by atoms with Gasteiger partial charge in [-0.15, -0.1) is 0 Å². The number of fused-ring (bicyclic) bond motifs is 1. The highest BCUT2D eigenvalue weighted by Crippen LogP contribution is 2.33. The molecule has 2 rings (SSSR count). The maximum atomic E-state index is 10.6. The molecule has 2 heterocycles. The van der Waals surface area contributed by atoms with Gasteiger partial charge in [-0.25, -0.2) is 15.0 Å². The fourth-order valence-corrected chi connectivity index (χ4v) is 1.95. The quantitative estimate of drug-likeness (QED) is 0.223. The molecule has 0 bridgehead atoms. The van der Waals surface area contributed by atoms with E-state index < -0.39 is 13.9 Å². The van der Waals surface area contributed by atoms with Crippen LogP contribution in [0, 0.1) is 0 Å². The third kappa shape index (κ3) is 4.20. The van der Waals surface area contributed by atoms with Gasteiger partial charge in [-0.05, 0) is 0 Å². The van der Waals surface area contributed by atoms with Gasteiger partial charge in [-0.1, -0.05) is 0 Å². The van der Waals surface area contributed by atoms with Gasteiger partial charge in [-0.2, -0.15) is 4.99 Å². The number of guanidine groups is 1. The lowest BCUT2D eigenvalue weighted by atomic mass is 10.5. The van der Waals surface area contributed by atoms with Crippen LogP contribution in [0.1, 0.15) is 0 Å². The fraction of sp³-hybridized carbons (Fsp3) is 0.333. The van der Waals surface area contributed by atoms with Gasteiger partial charge in [0.15, 0.2) is 22.9 Å². The molecule has 2 aromatic rings. The summed E-state index contributed by atoms with van der Waals surface area (Å²) in [5.41, 5.74) is 11.5. The fourth-order valence-electron chi connectivity index (χ4n) is 1.58. The van der Waals surface area contributed by atoms with Gasteiger partial charge >= 0.3 is 7.60 Å². The van der Waals surface area contributed by atoms with E-state index in [0.717, 1.165) is 0 Å². The van der Waals surface area contributed by atoms with Gasteiger partial charge in [0, 0.05) is 6.54 Å². The van der Waals surface area contributed by atoms with E-state index in [9.17, 15) is 4.57 Å². The van der Waals surface area contributed by atoms with E-state index in [-0.39, 0.29) is 18.4 Å². The molecule has 0 spiro atoms. The molecule has 12 heteroatoms. The van der Waals surface area contributed by atoms with Crippen molar-refractivity contribution in [3.8, 4) is 0 Å². The van der Waals surface area contributed by atoms with Gasteiger partial charge in [0.25, 0.3) is 0 Å². The molecule has 0 aliphatic carbocycles. The minimum absolute atomic E-state index is 0.0954. The molecule has 2 aromatic heterocycles. The minimum Gasteiger partial charge on any atom is -0.370 e. The number of nitrogens with zero attached hydrogens (tertiary/aromatic N) is 5. The van der Waals surface area contributed by atoms with Crippen LogP contribution in [0.4, 0.5) is 5.82 Å². The van der Waals surface area contributed by atoms with Crippen molar-refractivity contribution in [3.05, 3.63) is 12.7 Å². The maximum absolute atomic E-state index is 10.6. The Kier molecular flexibility index (Phi) is 4.48. The second-order valence-corrected chi connectivity index (χ2v) is 5.63. The van der Waals surface area contributed by atoms with Crippen molar-refractivity contribution in [2.75, 3.05) is 13.0 Å². The van der Waals surface area contributed by atoms with Crippen LogP contribution in [0.3, 0.4) is 0 Å². The molecule has 114 valence electrons. The highest BCUT2D eigenvalue weighted by atomic mass is 31.2. The van der Waals surface area contributed by atoms with Crippen LogP contribution in [-0.2, 0) is 15.8 Å². The molecule has 6 N–H and O–H groups in total. The Labute approximate surface area is 118 Å². The summed E-state index contributed by atoms with van der Waals surface area (Å²) in [6.07, 6.45) is 2.15. The number of hydrogen-bond acceptors (Lipinski definition) is 6. The van der Waals surface area contributed by atoms with E-state index >= 15 is 0 Å². The standard InChI is InChI=1S/C9H14N7O4P/c10-9(11)15-7-6-8(13-3-12-7)16(4-14-6)1-2-20-5-21(17,18)19/h3-4H,1-2,5H2,(H2,17,18,19)(H4,10,11,12,13,15). The first-order valence-corrected chi connectivity index (χ1v) is 7.54. The van der Waals surface area contributed by atoms with Gasteiger partial charge in [0.2, 0.25) is 0 Å². The van der Waals surface area contributed by atoms with Gasteiger partial charge < -0.3 is 30.6 Å². The van der Waals surface area contributed by atoms with E-state index in [1.807, 2.05) is 0 Å². The highest BCUT2D eigenvalue weighted by Gasteiger charge is 2.13. The number of ether oxygens (including phenoxy) is 1. The number of hydrogen-bond donors (Lipinski definition) is 4. The predicted octanol–water partition coefficient (Wildman–Crippen LogP) is -1.12. The largest absolute Gasteiger partial charge is 0.370 e. The van der Waals surface area contributed by atoms with Crippen molar-refractivity contribution in [2.45, 2.75) is 6.54 Å². The van der Waals surface area contributed by atoms with E-state index in [1.165, 1.54) is 12.7 Å². The Morgan fingerprint density at radius 1 is 1.38 bits per heavy atom. The topological polar surface area (TPSA) is 175 Å². The predicted molar refractivity (Wildman–Crippen MR) is 73.7 cm³/mol. The molecule has 0 radical (unpaired) electrons. The molecule has 0 fully saturated rings. The molecule has 0 aromatic carbocycles. The van der Waals surface area contributed by atoms with Crippen molar-refractivity contribution in [1.29, 1.82) is 0 Å². The van der Waals surface area contributed by atoms with Crippen molar-refractivity contribution in [2.24, 2.45) is 16.5 Å². The van der Waals surface area contributed by atoms with Crippen LogP contribution in [0.15, 0.2) is 17.6 Å². The molecule has 0 aliphatic rings. The number of imidazole rings is 1. The summed E-state index contributed by atoms with van der Waals surface area (Å²) in [5, 5.41) is 0. The molecule has 0 saturated heterocycles. The van der Waals surface area contributed by atoms with Crippen LogP contribution in [0.25, 0.3) is 11.2 Å². The van der Waals surface area contributed by atoms with E-state index in [2.05, 4.69) is 19.9 Å². The first-order valence-electron chi connectivity index (χ1n) is 5.74. The molecule has 0 atom stereocenters. The van der Waals surface area contributed by atoms with Crippen molar-refractivity contribution < 1.29 is 19.1 Å². The molecular formula is C9H14N7O4P. The summed E-state index contributed by atoms with van der Waals surface area (Å²) in [6.45, 7) is 0.410. The Morgan fingerprint density at radius 2 is 2.14 bits per heavy atom. The summed E-state index contributed by atoms with van der Waals surface area (Å²) in [6, 6.07) is 0. The lowest BCUT2D eigenvalue weighted by molar-refractivity contribution is 0.149. The third-order valence-corrected chi connectivity index (χ3v) is 2.87. The van der Waals surface area contributed by atoms with Crippen molar-refractivity contribution in [3.63, 3.8) is 0 Å². The number of aromatic nitrogens is 4. The zero-order valence-corrected chi connectivity index (χ0v) is 11.7. The highest BCUT2D eigenvalue weighted by molar-refractivity contribution is 7.51. The molecular weight excluding hydrogens is 301 g/mol. The van der Waals surface area contributed by atoms with Crippen LogP contribution in [0.5, 0.6) is 0 Å². The normalized spacial score (nSPS) is 11.7. The van der Waals surface area contributed by atoms with Crippen LogP contribution in [-0.4, -0.2) is 48.2 Å². The molecule has 0 unspecified atom stereocenters. The first kappa shape index (κ1) is 15.3. The maximum Gasteiger partial charge on any atom is 0.350 e. The SMILES string of the molecule is NC(N)=Nc1ncnc2c1ncn2CCOCP(=O)(O)O. The van der Waals surface area contributed by atoms with E-state index in [0.29, 0.717) is 17.7 Å². The number of aliphatic imine (C=N–C) groups is 1. The van der Waals surface area contributed by atoms with E-state index in [4.69, 9.17) is 26.0 Å². The monoisotopic (exact) mass is 315 g/mol. The van der Waals surface area contributed by atoms with Crippen LogP contribution in [0.2, 0.25) is 0 Å². The first-order chi connectivity index (χ1) is 9.87. The summed E-state index contributed by atoms with van der Waals surface area (Å²) in [7, 11) is -4.16. The summed E-state index contributed by atoms with van der Waals surface area (Å²) in [4.78, 5) is 33.3. The third-order valence-electron chi connectivity index (χ3n) is 2.35. The van der Waals surface area contributed by atoms with Gasteiger partial charge in [-0.3, -0.25) is 4.57 Å². The van der Waals surface area contributed by atoms with Gasteiger partial charge in [0.1, 0.15) is 12.7 Å². The minimum atomic E-state index is -4.16. The average molecular weight is 315 g/mol. The number of nitrogens with two attached hydrogens (primary N) is 2. The summed E-state index contributed by atoms with van der Waals surface area (Å²) in [5.74, 6) is 0.101. The second kappa shape index (κ2) is 6.14. The Hall–Kier alpha value is -2.07. The Bertz CT molecular complexity index is 705. The molecule has 11 nitrogen and oxygen atoms in total. The Morgan fingerprint density at radius 3 is 2.81 bits per heavy atom. The molecule has 0 amide bonds. The van der Waals surface area contributed by atoms with Crippen LogP contribution < -0.4 is 11.5 Å². The summed E-state index contributed by atoms with van der Waals surface area (Å²) < 4.78 is 17.2. The van der Waals surface area contributed by atoms with Gasteiger partial charge in [0.05, 0.1) is 12.9 Å². The van der Waals surface area contributed by atoms with Crippen molar-refractivity contribution >= 4 is 30.5 Å². The van der Waals surface area contributed by atoms with Crippen molar-refractivity contribution in [1.82, 2.24) is 19.5 Å². The Balaban J connectivity index is 2.12. The van der Waals surface area contributed by atoms with E-state index in [1.54, 1.807) is 4.57 Å². The zero-order valence-electron chi connectivity index (χ0n) is 10.8. The second-order valence-electron chi connectivity index (χ2n) is 4.05. The lowest BCUT2D eigenvalue weighted by Crippen LogP contribution is -2.22. The average Bonchev–Trinajstić information content (AvgIpc) is 2.77. The number of rotatable bonds is 6.